The first-order valence-electron chi connectivity index (χ1n) is 4.91. The van der Waals surface area contributed by atoms with Crippen molar-refractivity contribution in [2.24, 2.45) is 0 Å². The summed E-state index contributed by atoms with van der Waals surface area (Å²) in [5, 5.41) is 0. The summed E-state index contributed by atoms with van der Waals surface area (Å²) in [6.07, 6.45) is 2.11. The Labute approximate surface area is 101 Å². The van der Waals surface area contributed by atoms with Gasteiger partial charge in [0.15, 0.2) is 0 Å². The molecule has 4 heteroatoms. The summed E-state index contributed by atoms with van der Waals surface area (Å²) in [7, 11) is 2.07. The van der Waals surface area contributed by atoms with Crippen molar-refractivity contribution in [1.29, 1.82) is 0 Å². The Kier molecular flexibility index (Phi) is 5.26. The molecule has 1 aromatic rings. The van der Waals surface area contributed by atoms with E-state index in [0.717, 1.165) is 29.4 Å². The summed E-state index contributed by atoms with van der Waals surface area (Å²) >= 11 is 7.64. The minimum absolute atomic E-state index is 0.535. The van der Waals surface area contributed by atoms with Crippen LogP contribution in [-0.4, -0.2) is 30.6 Å². The standard InChI is InChI=1S/C11H17ClN2S/c1-9-10(8-12)4-5-11(13-9)14(2)6-7-15-3/h4-5H,6-8H2,1-3H3. The lowest BCUT2D eigenvalue weighted by atomic mass is 10.2. The summed E-state index contributed by atoms with van der Waals surface area (Å²) in [5.41, 5.74) is 2.14. The van der Waals surface area contributed by atoms with E-state index in [1.165, 1.54) is 0 Å². The van der Waals surface area contributed by atoms with Gasteiger partial charge in [0.1, 0.15) is 5.82 Å². The van der Waals surface area contributed by atoms with E-state index in [1.54, 1.807) is 0 Å². The van der Waals surface area contributed by atoms with Gasteiger partial charge in [-0.1, -0.05) is 6.07 Å². The van der Waals surface area contributed by atoms with Crippen LogP contribution in [0.1, 0.15) is 11.3 Å². The molecule has 0 aliphatic carbocycles. The van der Waals surface area contributed by atoms with Crippen molar-refractivity contribution in [3.63, 3.8) is 0 Å². The predicted molar refractivity (Wildman–Crippen MR) is 70.2 cm³/mol. The fraction of sp³-hybridized carbons (Fsp3) is 0.545. The number of pyridine rings is 1. The normalized spacial score (nSPS) is 10.4. The van der Waals surface area contributed by atoms with Crippen LogP contribution in [0.15, 0.2) is 12.1 Å². The van der Waals surface area contributed by atoms with Crippen molar-refractivity contribution in [1.82, 2.24) is 4.98 Å². The highest BCUT2D eigenvalue weighted by atomic mass is 35.5. The average molecular weight is 245 g/mol. The van der Waals surface area contributed by atoms with Gasteiger partial charge in [-0.25, -0.2) is 4.98 Å². The van der Waals surface area contributed by atoms with Crippen LogP contribution < -0.4 is 4.90 Å². The molecule has 0 N–H and O–H groups in total. The number of hydrogen-bond acceptors (Lipinski definition) is 3. The maximum absolute atomic E-state index is 5.79. The molecule has 0 radical (unpaired) electrons. The molecular weight excluding hydrogens is 228 g/mol. The number of halogens is 1. The molecule has 15 heavy (non-hydrogen) atoms. The molecule has 0 bridgehead atoms. The SMILES string of the molecule is CSCCN(C)c1ccc(CCl)c(C)n1. The number of aryl methyl sites for hydroxylation is 1. The lowest BCUT2D eigenvalue weighted by Crippen LogP contribution is -2.21. The van der Waals surface area contributed by atoms with E-state index in [1.807, 2.05) is 24.8 Å². The topological polar surface area (TPSA) is 16.1 Å². The van der Waals surface area contributed by atoms with Crippen molar-refractivity contribution in [2.45, 2.75) is 12.8 Å². The number of thioether (sulfide) groups is 1. The number of nitrogens with zero attached hydrogens (tertiary/aromatic N) is 2. The lowest BCUT2D eigenvalue weighted by molar-refractivity contribution is 0.933. The first kappa shape index (κ1) is 12.7. The van der Waals surface area contributed by atoms with E-state index in [9.17, 15) is 0 Å². The van der Waals surface area contributed by atoms with Gasteiger partial charge in [0.05, 0.1) is 0 Å². The molecule has 84 valence electrons. The number of aromatic nitrogens is 1. The quantitative estimate of drug-likeness (QED) is 0.741. The van der Waals surface area contributed by atoms with E-state index < -0.39 is 0 Å². The van der Waals surface area contributed by atoms with Gasteiger partial charge in [0.2, 0.25) is 0 Å². The van der Waals surface area contributed by atoms with Crippen LogP contribution in [-0.2, 0) is 5.88 Å². The second kappa shape index (κ2) is 6.23. The summed E-state index contributed by atoms with van der Waals surface area (Å²) < 4.78 is 0. The predicted octanol–water partition coefficient (Wildman–Crippen LogP) is 2.93. The third-order valence-corrected chi connectivity index (χ3v) is 3.23. The fourth-order valence-electron chi connectivity index (χ4n) is 1.27. The third kappa shape index (κ3) is 3.58. The summed E-state index contributed by atoms with van der Waals surface area (Å²) in [4.78, 5) is 6.70. The van der Waals surface area contributed by atoms with Crippen LogP contribution in [0.25, 0.3) is 0 Å². The zero-order valence-corrected chi connectivity index (χ0v) is 11.0. The number of alkyl halides is 1. The van der Waals surface area contributed by atoms with Crippen molar-refractivity contribution in [2.75, 3.05) is 30.5 Å². The summed E-state index contributed by atoms with van der Waals surface area (Å²) in [6, 6.07) is 4.09. The molecule has 0 aromatic carbocycles. The Morgan fingerprint density at radius 1 is 1.47 bits per heavy atom. The van der Waals surface area contributed by atoms with Crippen LogP contribution in [0.2, 0.25) is 0 Å². The van der Waals surface area contributed by atoms with Crippen LogP contribution in [0.5, 0.6) is 0 Å². The molecule has 1 heterocycles. The molecule has 0 aliphatic rings. The van der Waals surface area contributed by atoms with Gasteiger partial charge in [0, 0.05) is 30.9 Å². The average Bonchev–Trinajstić information content (AvgIpc) is 2.25. The van der Waals surface area contributed by atoms with Crippen LogP contribution in [0.3, 0.4) is 0 Å². The summed E-state index contributed by atoms with van der Waals surface area (Å²) in [6.45, 7) is 3.03. The van der Waals surface area contributed by atoms with Gasteiger partial charge >= 0.3 is 0 Å². The Hall–Kier alpha value is -0.410. The minimum Gasteiger partial charge on any atom is -0.359 e. The van der Waals surface area contributed by atoms with Crippen molar-refractivity contribution in [3.8, 4) is 0 Å². The van der Waals surface area contributed by atoms with E-state index in [0.29, 0.717) is 5.88 Å². The van der Waals surface area contributed by atoms with E-state index >= 15 is 0 Å². The van der Waals surface area contributed by atoms with E-state index in [-0.39, 0.29) is 0 Å². The molecule has 0 saturated carbocycles. The number of hydrogen-bond donors (Lipinski definition) is 0. The highest BCUT2D eigenvalue weighted by Gasteiger charge is 2.04. The molecular formula is C11H17ClN2S. The zero-order valence-electron chi connectivity index (χ0n) is 9.46. The maximum Gasteiger partial charge on any atom is 0.128 e. The summed E-state index contributed by atoms with van der Waals surface area (Å²) in [5.74, 6) is 2.68. The highest BCUT2D eigenvalue weighted by molar-refractivity contribution is 7.98. The van der Waals surface area contributed by atoms with E-state index in [4.69, 9.17) is 11.6 Å². The smallest absolute Gasteiger partial charge is 0.128 e. The first-order valence-corrected chi connectivity index (χ1v) is 6.84. The van der Waals surface area contributed by atoms with Crippen LogP contribution in [0, 0.1) is 6.92 Å². The van der Waals surface area contributed by atoms with Crippen LogP contribution in [0.4, 0.5) is 5.82 Å². The lowest BCUT2D eigenvalue weighted by Gasteiger charge is -2.18. The van der Waals surface area contributed by atoms with E-state index in [2.05, 4.69) is 29.3 Å². The highest BCUT2D eigenvalue weighted by Crippen LogP contribution is 2.15. The molecule has 0 atom stereocenters. The fourth-order valence-corrected chi connectivity index (χ4v) is 2.01. The molecule has 0 unspecified atom stereocenters. The van der Waals surface area contributed by atoms with Gasteiger partial charge in [-0.05, 0) is 24.8 Å². The largest absolute Gasteiger partial charge is 0.359 e. The molecule has 2 nitrogen and oxygen atoms in total. The molecule has 1 aromatic heterocycles. The second-order valence-corrected chi connectivity index (χ2v) is 4.71. The molecule has 0 aliphatic heterocycles. The van der Waals surface area contributed by atoms with Gasteiger partial charge < -0.3 is 4.90 Å². The first-order chi connectivity index (χ1) is 7.19. The molecule has 0 fully saturated rings. The van der Waals surface area contributed by atoms with Crippen molar-refractivity contribution < 1.29 is 0 Å². The Morgan fingerprint density at radius 3 is 2.73 bits per heavy atom. The number of rotatable bonds is 5. The monoisotopic (exact) mass is 244 g/mol. The molecule has 1 rings (SSSR count). The molecule has 0 spiro atoms. The molecule has 0 amide bonds. The second-order valence-electron chi connectivity index (χ2n) is 3.46. The van der Waals surface area contributed by atoms with Gasteiger partial charge in [0.25, 0.3) is 0 Å². The Morgan fingerprint density at radius 2 is 2.20 bits per heavy atom. The minimum atomic E-state index is 0.535. The third-order valence-electron chi connectivity index (χ3n) is 2.35. The molecule has 0 saturated heterocycles. The van der Waals surface area contributed by atoms with Crippen molar-refractivity contribution in [3.05, 3.63) is 23.4 Å². The Bertz CT molecular complexity index is 317. The van der Waals surface area contributed by atoms with Crippen molar-refractivity contribution >= 4 is 29.2 Å². The van der Waals surface area contributed by atoms with Crippen LogP contribution >= 0.6 is 23.4 Å². The van der Waals surface area contributed by atoms with Gasteiger partial charge in [-0.2, -0.15) is 11.8 Å². The zero-order chi connectivity index (χ0) is 11.3. The Balaban J connectivity index is 2.73. The van der Waals surface area contributed by atoms with Gasteiger partial charge in [-0.3, -0.25) is 0 Å². The maximum atomic E-state index is 5.79. The van der Waals surface area contributed by atoms with Gasteiger partial charge in [-0.15, -0.1) is 11.6 Å². The number of anilines is 1.